The zero-order chi connectivity index (χ0) is 20.2. The van der Waals surface area contributed by atoms with Crippen LogP contribution in [0.1, 0.15) is 48.5 Å². The van der Waals surface area contributed by atoms with Gasteiger partial charge in [-0.05, 0) is 54.7 Å². The second-order valence-corrected chi connectivity index (χ2v) is 7.96. The first-order chi connectivity index (χ1) is 14.1. The summed E-state index contributed by atoms with van der Waals surface area (Å²) in [6, 6.07) is 16.3. The Hall–Kier alpha value is -2.92. The molecule has 0 saturated heterocycles. The molecular formula is C24H27N3O2. The van der Waals surface area contributed by atoms with E-state index in [0.717, 1.165) is 23.6 Å². The summed E-state index contributed by atoms with van der Waals surface area (Å²) in [4.78, 5) is 15.4. The van der Waals surface area contributed by atoms with Crippen molar-refractivity contribution in [1.29, 1.82) is 0 Å². The van der Waals surface area contributed by atoms with Crippen LogP contribution in [0.15, 0.2) is 54.7 Å². The molecule has 1 saturated carbocycles. The van der Waals surface area contributed by atoms with E-state index in [0.29, 0.717) is 17.5 Å². The standard InChI is InChI=1S/C24H27N3O2/c1-16-6-10-19(11-7-16)26-14-17-8-12-22(21-5-3-2-4-20(17)21)29-23-13-9-18(15-27-23)24(25)28/h2-5,8-9,12-13,15-16,19,26H,6-7,10-11,14H2,1H3,(H2,25,28). The van der Waals surface area contributed by atoms with Crippen LogP contribution < -0.4 is 15.8 Å². The zero-order valence-corrected chi connectivity index (χ0v) is 16.7. The van der Waals surface area contributed by atoms with E-state index in [2.05, 4.69) is 41.5 Å². The van der Waals surface area contributed by atoms with Gasteiger partial charge in [-0.25, -0.2) is 4.98 Å². The molecule has 0 radical (unpaired) electrons. The van der Waals surface area contributed by atoms with E-state index in [1.807, 2.05) is 12.1 Å². The van der Waals surface area contributed by atoms with Crippen molar-refractivity contribution in [3.8, 4) is 11.6 Å². The average molecular weight is 389 g/mol. The summed E-state index contributed by atoms with van der Waals surface area (Å²) in [7, 11) is 0. The maximum absolute atomic E-state index is 11.2. The van der Waals surface area contributed by atoms with E-state index >= 15 is 0 Å². The van der Waals surface area contributed by atoms with Crippen LogP contribution in [0.3, 0.4) is 0 Å². The van der Waals surface area contributed by atoms with Gasteiger partial charge in [0.1, 0.15) is 5.75 Å². The summed E-state index contributed by atoms with van der Waals surface area (Å²) in [5, 5.41) is 5.96. The average Bonchev–Trinajstić information content (AvgIpc) is 2.75. The topological polar surface area (TPSA) is 77.2 Å². The summed E-state index contributed by atoms with van der Waals surface area (Å²) in [5.41, 5.74) is 6.90. The van der Waals surface area contributed by atoms with Crippen molar-refractivity contribution >= 4 is 16.7 Å². The van der Waals surface area contributed by atoms with Gasteiger partial charge in [-0.15, -0.1) is 0 Å². The van der Waals surface area contributed by atoms with Crippen LogP contribution >= 0.6 is 0 Å². The number of ether oxygens (including phenoxy) is 1. The smallest absolute Gasteiger partial charge is 0.250 e. The second kappa shape index (κ2) is 8.62. The predicted octanol–water partition coefficient (Wildman–Crippen LogP) is 4.79. The minimum Gasteiger partial charge on any atom is -0.438 e. The molecule has 1 fully saturated rings. The first-order valence-electron chi connectivity index (χ1n) is 10.3. The van der Waals surface area contributed by atoms with Crippen LogP contribution in [0.4, 0.5) is 0 Å². The summed E-state index contributed by atoms with van der Waals surface area (Å²) in [6.45, 7) is 3.20. The third kappa shape index (κ3) is 4.57. The number of benzene rings is 2. The van der Waals surface area contributed by atoms with Gasteiger partial charge in [0.05, 0.1) is 5.56 Å². The van der Waals surface area contributed by atoms with E-state index < -0.39 is 5.91 Å². The van der Waals surface area contributed by atoms with Crippen molar-refractivity contribution in [2.45, 2.75) is 45.2 Å². The zero-order valence-electron chi connectivity index (χ0n) is 16.7. The molecule has 5 nitrogen and oxygen atoms in total. The third-order valence-corrected chi connectivity index (χ3v) is 5.81. The first-order valence-corrected chi connectivity index (χ1v) is 10.3. The highest BCUT2D eigenvalue weighted by Crippen LogP contribution is 2.32. The van der Waals surface area contributed by atoms with Gasteiger partial charge in [-0.1, -0.05) is 37.3 Å². The highest BCUT2D eigenvalue weighted by atomic mass is 16.5. The molecule has 150 valence electrons. The van der Waals surface area contributed by atoms with Gasteiger partial charge >= 0.3 is 0 Å². The Labute approximate surface area is 171 Å². The number of carbonyl (C=O) groups excluding carboxylic acids is 1. The Morgan fingerprint density at radius 3 is 2.52 bits per heavy atom. The molecule has 3 aromatic rings. The van der Waals surface area contributed by atoms with Crippen LogP contribution in [0.5, 0.6) is 11.6 Å². The fourth-order valence-electron chi connectivity index (χ4n) is 3.99. The quantitative estimate of drug-likeness (QED) is 0.635. The molecule has 4 rings (SSSR count). The van der Waals surface area contributed by atoms with E-state index in [-0.39, 0.29) is 0 Å². The van der Waals surface area contributed by atoms with E-state index in [4.69, 9.17) is 10.5 Å². The molecule has 1 aliphatic rings. The van der Waals surface area contributed by atoms with Gasteiger partial charge in [0.2, 0.25) is 11.8 Å². The largest absolute Gasteiger partial charge is 0.438 e. The molecule has 0 unspecified atom stereocenters. The lowest BCUT2D eigenvalue weighted by Gasteiger charge is -2.27. The molecule has 3 N–H and O–H groups in total. The molecule has 5 heteroatoms. The minimum atomic E-state index is -0.501. The Kier molecular flexibility index (Phi) is 5.76. The Balaban J connectivity index is 1.52. The maximum atomic E-state index is 11.2. The maximum Gasteiger partial charge on any atom is 0.250 e. The SMILES string of the molecule is CC1CCC(NCc2ccc(Oc3ccc(C(N)=O)cn3)c3ccccc23)CC1. The number of pyridine rings is 1. The van der Waals surface area contributed by atoms with Crippen molar-refractivity contribution in [2.75, 3.05) is 0 Å². The van der Waals surface area contributed by atoms with Crippen molar-refractivity contribution in [3.05, 3.63) is 65.9 Å². The number of carbonyl (C=O) groups is 1. The number of hydrogen-bond acceptors (Lipinski definition) is 4. The molecule has 0 atom stereocenters. The molecule has 1 heterocycles. The number of nitrogens with two attached hydrogens (primary N) is 1. The van der Waals surface area contributed by atoms with E-state index in [1.54, 1.807) is 12.1 Å². The monoisotopic (exact) mass is 389 g/mol. The highest BCUT2D eigenvalue weighted by Gasteiger charge is 2.18. The number of nitrogens with one attached hydrogen (secondary N) is 1. The molecule has 0 aliphatic heterocycles. The predicted molar refractivity (Wildman–Crippen MR) is 115 cm³/mol. The Morgan fingerprint density at radius 1 is 1.07 bits per heavy atom. The summed E-state index contributed by atoms with van der Waals surface area (Å²) < 4.78 is 6.00. The molecule has 0 spiro atoms. The van der Waals surface area contributed by atoms with Gasteiger partial charge in [0, 0.05) is 30.2 Å². The van der Waals surface area contributed by atoms with Crippen molar-refractivity contribution in [3.63, 3.8) is 0 Å². The Morgan fingerprint density at radius 2 is 1.83 bits per heavy atom. The molecule has 1 amide bonds. The van der Waals surface area contributed by atoms with Gasteiger partial charge in [0.25, 0.3) is 0 Å². The number of primary amides is 1. The van der Waals surface area contributed by atoms with Crippen LogP contribution in [0, 0.1) is 5.92 Å². The molecule has 29 heavy (non-hydrogen) atoms. The van der Waals surface area contributed by atoms with Crippen LogP contribution in [-0.4, -0.2) is 16.9 Å². The minimum absolute atomic E-state index is 0.362. The molecular weight excluding hydrogens is 362 g/mol. The van der Waals surface area contributed by atoms with E-state index in [9.17, 15) is 4.79 Å². The number of hydrogen-bond donors (Lipinski definition) is 2. The Bertz CT molecular complexity index is 993. The summed E-state index contributed by atoms with van der Waals surface area (Å²) in [6.07, 6.45) is 6.57. The number of amides is 1. The van der Waals surface area contributed by atoms with Crippen molar-refractivity contribution < 1.29 is 9.53 Å². The van der Waals surface area contributed by atoms with Crippen LogP contribution in [0.25, 0.3) is 10.8 Å². The number of fused-ring (bicyclic) bond motifs is 1. The summed E-state index contributed by atoms with van der Waals surface area (Å²) >= 11 is 0. The molecule has 2 aromatic carbocycles. The molecule has 1 aromatic heterocycles. The highest BCUT2D eigenvalue weighted by molar-refractivity contribution is 5.92. The van der Waals surface area contributed by atoms with Crippen molar-refractivity contribution in [1.82, 2.24) is 10.3 Å². The fourth-order valence-corrected chi connectivity index (χ4v) is 3.99. The van der Waals surface area contributed by atoms with Crippen LogP contribution in [-0.2, 0) is 6.54 Å². The van der Waals surface area contributed by atoms with Crippen molar-refractivity contribution in [2.24, 2.45) is 11.7 Å². The second-order valence-electron chi connectivity index (χ2n) is 7.96. The third-order valence-electron chi connectivity index (χ3n) is 5.81. The lowest BCUT2D eigenvalue weighted by atomic mass is 9.87. The lowest BCUT2D eigenvalue weighted by molar-refractivity contribution is 0.1000. The van der Waals surface area contributed by atoms with E-state index in [1.165, 1.54) is 42.8 Å². The number of aromatic nitrogens is 1. The van der Waals surface area contributed by atoms with Gasteiger partial charge in [-0.2, -0.15) is 0 Å². The lowest BCUT2D eigenvalue weighted by Crippen LogP contribution is -2.32. The normalized spacial score (nSPS) is 19.2. The first kappa shape index (κ1) is 19.4. The number of nitrogens with zero attached hydrogens (tertiary/aromatic N) is 1. The fraction of sp³-hybridized carbons (Fsp3) is 0.333. The molecule has 0 bridgehead atoms. The van der Waals surface area contributed by atoms with Gasteiger partial charge in [-0.3, -0.25) is 4.79 Å². The van der Waals surface area contributed by atoms with Crippen LogP contribution in [0.2, 0.25) is 0 Å². The number of rotatable bonds is 6. The summed E-state index contributed by atoms with van der Waals surface area (Å²) in [5.74, 6) is 1.53. The van der Waals surface area contributed by atoms with Gasteiger partial charge < -0.3 is 15.8 Å². The molecule has 1 aliphatic carbocycles. The van der Waals surface area contributed by atoms with Gasteiger partial charge in [0.15, 0.2) is 0 Å².